The molecule has 1 aromatic heterocycles. The maximum absolute atomic E-state index is 14.2. The van der Waals surface area contributed by atoms with E-state index in [9.17, 15) is 9.59 Å². The number of nitrogens with one attached hydrogen (secondary N) is 1. The molecular formula is C38H33N3O7S. The van der Waals surface area contributed by atoms with Crippen molar-refractivity contribution in [2.45, 2.75) is 26.5 Å². The minimum absolute atomic E-state index is 0.208. The number of fused-ring (bicyclic) bond motifs is 2. The highest BCUT2D eigenvalue weighted by atomic mass is 32.1. The summed E-state index contributed by atoms with van der Waals surface area (Å²) in [5.41, 5.74) is 3.73. The number of para-hydroxylation sites is 1. The zero-order chi connectivity index (χ0) is 33.9. The Bertz CT molecular complexity index is 2240. The molecule has 1 atom stereocenters. The molecule has 0 aliphatic carbocycles. The lowest BCUT2D eigenvalue weighted by Gasteiger charge is -2.25. The summed E-state index contributed by atoms with van der Waals surface area (Å²) >= 11 is 1.27. The van der Waals surface area contributed by atoms with Crippen LogP contribution in [0.25, 0.3) is 6.08 Å². The van der Waals surface area contributed by atoms with E-state index in [4.69, 9.17) is 28.7 Å². The third-order valence-electron chi connectivity index (χ3n) is 8.12. The fourth-order valence-corrected chi connectivity index (χ4v) is 6.84. The van der Waals surface area contributed by atoms with Crippen LogP contribution < -0.4 is 43.9 Å². The molecule has 0 bridgehead atoms. The third-order valence-corrected chi connectivity index (χ3v) is 9.10. The van der Waals surface area contributed by atoms with Gasteiger partial charge >= 0.3 is 0 Å². The molecule has 0 saturated heterocycles. The minimum atomic E-state index is -0.709. The van der Waals surface area contributed by atoms with Crippen LogP contribution in [-0.2, 0) is 11.4 Å². The second kappa shape index (κ2) is 13.7. The average molecular weight is 676 g/mol. The summed E-state index contributed by atoms with van der Waals surface area (Å²) in [6.07, 6.45) is 1.80. The Hall–Kier alpha value is -5.81. The van der Waals surface area contributed by atoms with Crippen molar-refractivity contribution in [2.24, 2.45) is 4.99 Å². The van der Waals surface area contributed by atoms with Gasteiger partial charge in [-0.3, -0.25) is 14.2 Å². The van der Waals surface area contributed by atoms with E-state index < -0.39 is 6.04 Å². The van der Waals surface area contributed by atoms with E-state index in [1.165, 1.54) is 11.3 Å². The number of anilines is 1. The highest BCUT2D eigenvalue weighted by molar-refractivity contribution is 7.07. The predicted molar refractivity (Wildman–Crippen MR) is 186 cm³/mol. The summed E-state index contributed by atoms with van der Waals surface area (Å²) in [4.78, 5) is 33.3. The standard InChI is InChI=1S/C38H33N3O7S/c1-4-45-28-14-12-26(13-15-28)35-34(36(42)40-27-8-6-5-7-9-27)23(2)39-38-41(35)37(43)33(49-38)20-24-10-16-29(31(18-24)44-3)46-21-25-11-17-30-32(19-25)48-22-47-30/h5-20,35H,4,21-22H2,1-3H3,(H,40,42)/b33-20-/t35-/m1/s1. The molecule has 1 amide bonds. The zero-order valence-electron chi connectivity index (χ0n) is 27.1. The van der Waals surface area contributed by atoms with Gasteiger partial charge in [-0.15, -0.1) is 0 Å². The lowest BCUT2D eigenvalue weighted by molar-refractivity contribution is -0.113. The first kappa shape index (κ1) is 31.8. The molecule has 3 heterocycles. The number of carbonyl (C=O) groups is 1. The van der Waals surface area contributed by atoms with Gasteiger partial charge in [-0.2, -0.15) is 0 Å². The normalized spacial score (nSPS) is 15.0. The molecule has 1 N–H and O–H groups in total. The second-order valence-corrected chi connectivity index (χ2v) is 12.3. The Balaban J connectivity index is 1.22. The van der Waals surface area contributed by atoms with Crippen LogP contribution in [0.15, 0.2) is 112 Å². The molecule has 49 heavy (non-hydrogen) atoms. The van der Waals surface area contributed by atoms with E-state index in [2.05, 4.69) is 5.32 Å². The highest BCUT2D eigenvalue weighted by Crippen LogP contribution is 2.35. The highest BCUT2D eigenvalue weighted by Gasteiger charge is 2.32. The monoisotopic (exact) mass is 675 g/mol. The first-order valence-electron chi connectivity index (χ1n) is 15.7. The van der Waals surface area contributed by atoms with E-state index in [0.717, 1.165) is 16.7 Å². The Morgan fingerprint density at radius 2 is 1.78 bits per heavy atom. The van der Waals surface area contributed by atoms with Crippen LogP contribution >= 0.6 is 11.3 Å². The number of aromatic nitrogens is 1. The van der Waals surface area contributed by atoms with Gasteiger partial charge in [-0.05, 0) is 85.1 Å². The van der Waals surface area contributed by atoms with Crippen LogP contribution in [0, 0.1) is 0 Å². The van der Waals surface area contributed by atoms with Crippen molar-refractivity contribution in [2.75, 3.05) is 25.8 Å². The van der Waals surface area contributed by atoms with E-state index in [1.807, 2.05) is 97.9 Å². The summed E-state index contributed by atoms with van der Waals surface area (Å²) in [6, 6.07) is 27.1. The molecule has 248 valence electrons. The topological polar surface area (TPSA) is 110 Å². The van der Waals surface area contributed by atoms with Gasteiger partial charge in [0.05, 0.1) is 35.6 Å². The van der Waals surface area contributed by atoms with Crippen LogP contribution in [-0.4, -0.2) is 31.0 Å². The number of nitrogens with zero attached hydrogens (tertiary/aromatic N) is 2. The predicted octanol–water partition coefficient (Wildman–Crippen LogP) is 5.59. The number of benzene rings is 4. The van der Waals surface area contributed by atoms with Crippen LogP contribution in [0.2, 0.25) is 0 Å². The molecule has 0 saturated carbocycles. The second-order valence-electron chi connectivity index (χ2n) is 11.3. The van der Waals surface area contributed by atoms with Crippen molar-refractivity contribution < 1.29 is 28.5 Å². The van der Waals surface area contributed by atoms with Gasteiger partial charge < -0.3 is 29.0 Å². The number of thiazole rings is 1. The lowest BCUT2D eigenvalue weighted by atomic mass is 9.95. The summed E-state index contributed by atoms with van der Waals surface area (Å²) in [6.45, 7) is 4.75. The number of methoxy groups -OCH3 is 1. The van der Waals surface area contributed by atoms with Crippen LogP contribution in [0.3, 0.4) is 0 Å². The SMILES string of the molecule is CCOc1ccc([C@@H]2C(C(=O)Nc3ccccc3)=C(C)N=c3s/c(=C\c4ccc(OCc5ccc6c(c5)OCO6)c(OC)c4)c(=O)n32)cc1. The number of hydrogen-bond acceptors (Lipinski definition) is 9. The van der Waals surface area contributed by atoms with Crippen molar-refractivity contribution in [1.29, 1.82) is 0 Å². The number of carbonyl (C=O) groups excluding carboxylic acids is 1. The zero-order valence-corrected chi connectivity index (χ0v) is 27.9. The van der Waals surface area contributed by atoms with Crippen LogP contribution in [0.4, 0.5) is 5.69 Å². The van der Waals surface area contributed by atoms with E-state index in [0.29, 0.717) is 68.3 Å². The molecule has 5 aromatic rings. The average Bonchev–Trinajstić information content (AvgIpc) is 3.71. The van der Waals surface area contributed by atoms with Crippen molar-refractivity contribution in [3.05, 3.63) is 139 Å². The van der Waals surface area contributed by atoms with Gasteiger partial charge in [-0.25, -0.2) is 4.99 Å². The molecule has 4 aromatic carbocycles. The van der Waals surface area contributed by atoms with Crippen molar-refractivity contribution in [1.82, 2.24) is 4.57 Å². The van der Waals surface area contributed by atoms with Crippen molar-refractivity contribution >= 4 is 29.0 Å². The Morgan fingerprint density at radius 3 is 2.55 bits per heavy atom. The molecule has 0 spiro atoms. The number of hydrogen-bond donors (Lipinski definition) is 1. The quantitative estimate of drug-likeness (QED) is 0.206. The number of amides is 1. The molecule has 0 radical (unpaired) electrons. The van der Waals surface area contributed by atoms with Gasteiger partial charge in [0.25, 0.3) is 11.5 Å². The van der Waals surface area contributed by atoms with Gasteiger partial charge in [0.15, 0.2) is 27.8 Å². The first-order valence-corrected chi connectivity index (χ1v) is 16.5. The number of ether oxygens (including phenoxy) is 5. The van der Waals surface area contributed by atoms with Crippen LogP contribution in [0.5, 0.6) is 28.7 Å². The smallest absolute Gasteiger partial charge is 0.271 e. The maximum Gasteiger partial charge on any atom is 0.271 e. The van der Waals surface area contributed by atoms with Gasteiger partial charge in [0.1, 0.15) is 12.4 Å². The summed E-state index contributed by atoms with van der Waals surface area (Å²) in [5.74, 6) is 2.84. The van der Waals surface area contributed by atoms with Gasteiger partial charge in [0.2, 0.25) is 6.79 Å². The summed E-state index contributed by atoms with van der Waals surface area (Å²) in [5, 5.41) is 2.98. The van der Waals surface area contributed by atoms with Crippen molar-refractivity contribution in [3.8, 4) is 28.7 Å². The summed E-state index contributed by atoms with van der Waals surface area (Å²) in [7, 11) is 1.57. The Labute approximate surface area is 286 Å². The van der Waals surface area contributed by atoms with Crippen molar-refractivity contribution in [3.63, 3.8) is 0 Å². The van der Waals surface area contributed by atoms with Gasteiger partial charge in [-0.1, -0.05) is 53.8 Å². The molecule has 2 aliphatic heterocycles. The molecule has 0 fully saturated rings. The Kier molecular flexibility index (Phi) is 8.91. The minimum Gasteiger partial charge on any atom is -0.494 e. The first-order chi connectivity index (χ1) is 23.9. The summed E-state index contributed by atoms with van der Waals surface area (Å²) < 4.78 is 30.3. The third kappa shape index (κ3) is 6.53. The molecule has 11 heteroatoms. The largest absolute Gasteiger partial charge is 0.494 e. The van der Waals surface area contributed by atoms with Gasteiger partial charge in [0, 0.05) is 5.69 Å². The fourth-order valence-electron chi connectivity index (χ4n) is 5.80. The lowest BCUT2D eigenvalue weighted by Crippen LogP contribution is -2.40. The Morgan fingerprint density at radius 1 is 0.980 bits per heavy atom. The number of allylic oxidation sites excluding steroid dienone is 1. The molecule has 2 aliphatic rings. The van der Waals surface area contributed by atoms with E-state index in [-0.39, 0.29) is 18.3 Å². The van der Waals surface area contributed by atoms with Crippen LogP contribution in [0.1, 0.15) is 36.6 Å². The maximum atomic E-state index is 14.2. The molecule has 0 unspecified atom stereocenters. The number of rotatable bonds is 10. The van der Waals surface area contributed by atoms with E-state index in [1.54, 1.807) is 24.7 Å². The molecule has 10 nitrogen and oxygen atoms in total. The molecular weight excluding hydrogens is 642 g/mol. The van der Waals surface area contributed by atoms with E-state index >= 15 is 0 Å². The fraction of sp³-hybridized carbons (Fsp3) is 0.184. The molecule has 7 rings (SSSR count).